The van der Waals surface area contributed by atoms with Crippen LogP contribution in [-0.2, 0) is 13.7 Å². The second-order valence-electron chi connectivity index (χ2n) is 4.19. The van der Waals surface area contributed by atoms with Crippen LogP contribution < -0.4 is 4.74 Å². The standard InChI is InChI=1S/C15H14ClFN2O/c1-19-10-12(9-18-19)11-20-15-8-14(17)6-5-13(15)4-2-3-7-16/h5-6,8-10H,3,7,11H2,1H3. The molecule has 0 saturated heterocycles. The highest BCUT2D eigenvalue weighted by Crippen LogP contribution is 2.20. The Kier molecular flexibility index (Phi) is 5.03. The maximum absolute atomic E-state index is 13.3. The monoisotopic (exact) mass is 292 g/mol. The minimum absolute atomic E-state index is 0.321. The third-order valence-electron chi connectivity index (χ3n) is 2.54. The largest absolute Gasteiger partial charge is 0.487 e. The number of ether oxygens (including phenoxy) is 1. The second-order valence-corrected chi connectivity index (χ2v) is 4.57. The fraction of sp³-hybridized carbons (Fsp3) is 0.267. The van der Waals surface area contributed by atoms with E-state index < -0.39 is 0 Å². The lowest BCUT2D eigenvalue weighted by Crippen LogP contribution is -1.97. The van der Waals surface area contributed by atoms with Gasteiger partial charge in [0.05, 0.1) is 11.8 Å². The molecule has 0 atom stereocenters. The summed E-state index contributed by atoms with van der Waals surface area (Å²) in [4.78, 5) is 0. The smallest absolute Gasteiger partial charge is 0.138 e. The molecule has 0 unspecified atom stereocenters. The van der Waals surface area contributed by atoms with Crippen LogP contribution in [0.3, 0.4) is 0 Å². The van der Waals surface area contributed by atoms with Crippen molar-refractivity contribution in [2.45, 2.75) is 13.0 Å². The van der Waals surface area contributed by atoms with Gasteiger partial charge in [0, 0.05) is 37.2 Å². The molecule has 0 fully saturated rings. The van der Waals surface area contributed by atoms with E-state index in [1.54, 1.807) is 16.9 Å². The molecular weight excluding hydrogens is 279 g/mol. The summed E-state index contributed by atoms with van der Waals surface area (Å²) in [5.41, 5.74) is 1.57. The van der Waals surface area contributed by atoms with Gasteiger partial charge in [-0.2, -0.15) is 5.10 Å². The molecule has 0 amide bonds. The molecule has 0 bridgehead atoms. The molecule has 0 N–H and O–H groups in total. The van der Waals surface area contributed by atoms with E-state index in [2.05, 4.69) is 16.9 Å². The predicted octanol–water partition coefficient (Wildman–Crippen LogP) is 3.12. The van der Waals surface area contributed by atoms with Crippen LogP contribution in [0.1, 0.15) is 17.5 Å². The highest BCUT2D eigenvalue weighted by Gasteiger charge is 2.05. The summed E-state index contributed by atoms with van der Waals surface area (Å²) >= 11 is 5.57. The molecule has 5 heteroatoms. The first-order chi connectivity index (χ1) is 9.69. The van der Waals surface area contributed by atoms with Crippen molar-refractivity contribution >= 4 is 11.6 Å². The average molecular weight is 293 g/mol. The van der Waals surface area contributed by atoms with Gasteiger partial charge in [-0.3, -0.25) is 4.68 Å². The fourth-order valence-electron chi connectivity index (χ4n) is 1.63. The first kappa shape index (κ1) is 14.4. The van der Waals surface area contributed by atoms with Crippen LogP contribution in [0.5, 0.6) is 5.75 Å². The number of benzene rings is 1. The maximum Gasteiger partial charge on any atom is 0.138 e. The summed E-state index contributed by atoms with van der Waals surface area (Å²) in [6.45, 7) is 0.321. The quantitative estimate of drug-likeness (QED) is 0.639. The third kappa shape index (κ3) is 4.01. The highest BCUT2D eigenvalue weighted by atomic mass is 35.5. The number of aryl methyl sites for hydroxylation is 1. The Morgan fingerprint density at radius 2 is 2.30 bits per heavy atom. The van der Waals surface area contributed by atoms with Crippen LogP contribution in [0.25, 0.3) is 0 Å². The van der Waals surface area contributed by atoms with Crippen LogP contribution in [-0.4, -0.2) is 15.7 Å². The van der Waals surface area contributed by atoms with E-state index in [1.807, 2.05) is 13.2 Å². The van der Waals surface area contributed by atoms with Gasteiger partial charge in [0.15, 0.2) is 0 Å². The van der Waals surface area contributed by atoms with E-state index in [4.69, 9.17) is 16.3 Å². The third-order valence-corrected chi connectivity index (χ3v) is 2.73. The molecule has 0 radical (unpaired) electrons. The minimum atomic E-state index is -0.353. The van der Waals surface area contributed by atoms with Crippen molar-refractivity contribution in [2.75, 3.05) is 5.88 Å². The summed E-state index contributed by atoms with van der Waals surface area (Å²) in [7, 11) is 1.83. The summed E-state index contributed by atoms with van der Waals surface area (Å²) in [5.74, 6) is 6.39. The Morgan fingerprint density at radius 3 is 3.00 bits per heavy atom. The molecule has 0 aliphatic carbocycles. The summed E-state index contributed by atoms with van der Waals surface area (Å²) in [6, 6.07) is 4.30. The zero-order valence-electron chi connectivity index (χ0n) is 11.1. The van der Waals surface area contributed by atoms with Gasteiger partial charge in [0.25, 0.3) is 0 Å². The molecule has 0 aliphatic rings. The van der Waals surface area contributed by atoms with Crippen molar-refractivity contribution in [3.63, 3.8) is 0 Å². The lowest BCUT2D eigenvalue weighted by atomic mass is 10.2. The SMILES string of the molecule is Cn1cc(COc2cc(F)ccc2C#CCCCl)cn1. The molecule has 0 spiro atoms. The topological polar surface area (TPSA) is 27.1 Å². The van der Waals surface area contributed by atoms with E-state index in [9.17, 15) is 4.39 Å². The van der Waals surface area contributed by atoms with Gasteiger partial charge in [-0.25, -0.2) is 4.39 Å². The number of alkyl halides is 1. The Morgan fingerprint density at radius 1 is 1.45 bits per heavy atom. The predicted molar refractivity (Wildman–Crippen MR) is 76.2 cm³/mol. The van der Waals surface area contributed by atoms with Gasteiger partial charge in [-0.05, 0) is 12.1 Å². The van der Waals surface area contributed by atoms with Crippen molar-refractivity contribution in [3.8, 4) is 17.6 Å². The molecule has 0 saturated carbocycles. The van der Waals surface area contributed by atoms with E-state index in [0.717, 1.165) is 5.56 Å². The number of hydrogen-bond donors (Lipinski definition) is 0. The summed E-state index contributed by atoms with van der Waals surface area (Å²) < 4.78 is 20.6. The molecule has 20 heavy (non-hydrogen) atoms. The van der Waals surface area contributed by atoms with Gasteiger partial charge in [-0.1, -0.05) is 11.8 Å². The van der Waals surface area contributed by atoms with Crippen LogP contribution in [0.2, 0.25) is 0 Å². The first-order valence-corrected chi connectivity index (χ1v) is 6.67. The van der Waals surface area contributed by atoms with E-state index in [1.165, 1.54) is 12.1 Å². The lowest BCUT2D eigenvalue weighted by Gasteiger charge is -2.07. The normalized spacial score (nSPS) is 9.95. The van der Waals surface area contributed by atoms with E-state index in [-0.39, 0.29) is 5.82 Å². The Labute approximate surface area is 122 Å². The van der Waals surface area contributed by atoms with Crippen LogP contribution in [0.4, 0.5) is 4.39 Å². The van der Waals surface area contributed by atoms with Gasteiger partial charge >= 0.3 is 0 Å². The van der Waals surface area contributed by atoms with Gasteiger partial charge < -0.3 is 4.74 Å². The molecule has 1 heterocycles. The molecule has 2 aromatic rings. The molecule has 1 aromatic heterocycles. The Hall–Kier alpha value is -1.99. The van der Waals surface area contributed by atoms with Crippen molar-refractivity contribution in [1.29, 1.82) is 0 Å². The Balaban J connectivity index is 2.13. The van der Waals surface area contributed by atoms with Crippen molar-refractivity contribution in [1.82, 2.24) is 9.78 Å². The molecular formula is C15H14ClFN2O. The number of rotatable bonds is 4. The van der Waals surface area contributed by atoms with Crippen molar-refractivity contribution in [3.05, 3.63) is 47.5 Å². The number of halogens is 2. The first-order valence-electron chi connectivity index (χ1n) is 6.14. The average Bonchev–Trinajstić information content (AvgIpc) is 2.84. The number of aromatic nitrogens is 2. The molecule has 3 nitrogen and oxygen atoms in total. The van der Waals surface area contributed by atoms with E-state index in [0.29, 0.717) is 30.2 Å². The van der Waals surface area contributed by atoms with Crippen LogP contribution in [0, 0.1) is 17.7 Å². The highest BCUT2D eigenvalue weighted by molar-refractivity contribution is 6.18. The molecule has 0 aliphatic heterocycles. The fourth-order valence-corrected chi connectivity index (χ4v) is 1.73. The van der Waals surface area contributed by atoms with Crippen LogP contribution >= 0.6 is 11.6 Å². The second kappa shape index (κ2) is 6.97. The molecule has 2 rings (SSSR count). The zero-order valence-corrected chi connectivity index (χ0v) is 11.8. The van der Waals surface area contributed by atoms with Gasteiger partial charge in [0.1, 0.15) is 18.2 Å². The lowest BCUT2D eigenvalue weighted by molar-refractivity contribution is 0.303. The Bertz CT molecular complexity index is 643. The maximum atomic E-state index is 13.3. The van der Waals surface area contributed by atoms with Crippen molar-refractivity contribution in [2.24, 2.45) is 7.05 Å². The summed E-state index contributed by atoms with van der Waals surface area (Å²) in [6.07, 6.45) is 4.14. The number of hydrogen-bond acceptors (Lipinski definition) is 2. The molecule has 1 aromatic carbocycles. The number of nitrogens with zero attached hydrogens (tertiary/aromatic N) is 2. The molecule has 104 valence electrons. The zero-order chi connectivity index (χ0) is 14.4. The van der Waals surface area contributed by atoms with Gasteiger partial charge in [0.2, 0.25) is 0 Å². The van der Waals surface area contributed by atoms with E-state index >= 15 is 0 Å². The van der Waals surface area contributed by atoms with Crippen LogP contribution in [0.15, 0.2) is 30.6 Å². The van der Waals surface area contributed by atoms with Gasteiger partial charge in [-0.15, -0.1) is 11.6 Å². The summed E-state index contributed by atoms with van der Waals surface area (Å²) in [5, 5.41) is 4.05. The van der Waals surface area contributed by atoms with Crippen molar-refractivity contribution < 1.29 is 9.13 Å². The minimum Gasteiger partial charge on any atom is -0.487 e.